The molecule has 0 saturated carbocycles. The lowest BCUT2D eigenvalue weighted by Gasteiger charge is -2.37. The smallest absolute Gasteiger partial charge is 0.0505 e. The minimum absolute atomic E-state index is 0.120. The van der Waals surface area contributed by atoms with Gasteiger partial charge in [0.05, 0.1) is 11.4 Å². The molecule has 0 amide bonds. The molecule has 258 valence electrons. The van der Waals surface area contributed by atoms with Crippen molar-refractivity contribution in [1.82, 2.24) is 0 Å². The molecule has 1 aromatic heterocycles. The fourth-order valence-electron chi connectivity index (χ4n) is 9.69. The molecular weight excluding hydrogens is 673 g/mol. The van der Waals surface area contributed by atoms with Crippen LogP contribution in [0.5, 0.6) is 0 Å². The molecule has 0 N–H and O–H groups in total. The molecule has 0 radical (unpaired) electrons. The first kappa shape index (κ1) is 31.4. The van der Waals surface area contributed by atoms with E-state index in [1.165, 1.54) is 87.3 Å². The first-order valence-corrected chi connectivity index (χ1v) is 19.9. The molecule has 3 heteroatoms. The molecule has 54 heavy (non-hydrogen) atoms. The summed E-state index contributed by atoms with van der Waals surface area (Å²) in [5, 5.41) is 5.22. The van der Waals surface area contributed by atoms with E-state index in [9.17, 15) is 0 Å². The summed E-state index contributed by atoms with van der Waals surface area (Å²) < 4.78 is 2.66. The van der Waals surface area contributed by atoms with Crippen LogP contribution in [-0.2, 0) is 18.3 Å². The summed E-state index contributed by atoms with van der Waals surface area (Å²) in [4.78, 5) is 5.03. The first-order chi connectivity index (χ1) is 26.7. The summed E-state index contributed by atoms with van der Waals surface area (Å²) in [6, 6.07) is 67.5. The topological polar surface area (TPSA) is 6.48 Å². The van der Waals surface area contributed by atoms with Crippen molar-refractivity contribution in [2.45, 2.75) is 31.1 Å². The van der Waals surface area contributed by atoms with Crippen LogP contribution in [0.1, 0.15) is 35.1 Å². The zero-order valence-electron chi connectivity index (χ0n) is 30.0. The molecule has 0 aliphatic heterocycles. The molecule has 1 atom stereocenters. The second-order valence-electron chi connectivity index (χ2n) is 14.9. The van der Waals surface area contributed by atoms with Gasteiger partial charge in [-0.2, -0.15) is 0 Å². The highest BCUT2D eigenvalue weighted by Gasteiger charge is 2.49. The van der Waals surface area contributed by atoms with E-state index in [0.29, 0.717) is 0 Å². The molecule has 1 heterocycles. The molecule has 2 aliphatic carbocycles. The zero-order chi connectivity index (χ0) is 35.6. The zero-order valence-corrected chi connectivity index (χ0v) is 30.8. The Morgan fingerprint density at radius 3 is 1.43 bits per heavy atom. The van der Waals surface area contributed by atoms with Crippen molar-refractivity contribution in [3.63, 3.8) is 0 Å². The summed E-state index contributed by atoms with van der Waals surface area (Å²) in [6.45, 7) is 0. The van der Waals surface area contributed by atoms with E-state index in [2.05, 4.69) is 192 Å². The Hall–Kier alpha value is -6.16. The Bertz CT molecular complexity index is 2800. The molecule has 0 saturated heterocycles. The van der Waals surface area contributed by atoms with Crippen molar-refractivity contribution in [2.75, 3.05) is 9.80 Å². The number of nitrogens with zero attached hydrogens (tertiary/aromatic N) is 2. The first-order valence-electron chi connectivity index (χ1n) is 19.1. The van der Waals surface area contributed by atoms with Crippen molar-refractivity contribution in [2.24, 2.45) is 0 Å². The number of benzene rings is 8. The highest BCUT2D eigenvalue weighted by Crippen LogP contribution is 2.60. The number of fused-ring (bicyclic) bond motifs is 8. The Balaban J connectivity index is 1.13. The summed E-state index contributed by atoms with van der Waals surface area (Å²) in [5.74, 6) is 0. The van der Waals surface area contributed by atoms with Gasteiger partial charge in [0.2, 0.25) is 0 Å². The highest BCUT2D eigenvalue weighted by atomic mass is 32.1. The summed E-state index contributed by atoms with van der Waals surface area (Å²) in [6.07, 6.45) is 4.34. The van der Waals surface area contributed by atoms with Crippen LogP contribution in [0.15, 0.2) is 182 Å². The van der Waals surface area contributed by atoms with Crippen LogP contribution in [0.25, 0.3) is 30.9 Å². The minimum Gasteiger partial charge on any atom is -0.310 e. The average Bonchev–Trinajstić information content (AvgIpc) is 3.92. The summed E-state index contributed by atoms with van der Waals surface area (Å²) >= 11 is 1.89. The largest absolute Gasteiger partial charge is 0.310 e. The van der Waals surface area contributed by atoms with Crippen molar-refractivity contribution in [1.29, 1.82) is 0 Å². The monoisotopic (exact) mass is 710 g/mol. The van der Waals surface area contributed by atoms with Crippen molar-refractivity contribution in [3.8, 4) is 0 Å². The Morgan fingerprint density at radius 1 is 0.389 bits per heavy atom. The number of anilines is 6. The van der Waals surface area contributed by atoms with Gasteiger partial charge in [-0.25, -0.2) is 0 Å². The molecule has 0 fully saturated rings. The van der Waals surface area contributed by atoms with Gasteiger partial charge in [0, 0.05) is 48.3 Å². The molecule has 1 spiro atoms. The normalized spacial score (nSPS) is 15.9. The van der Waals surface area contributed by atoms with E-state index >= 15 is 0 Å². The molecule has 11 rings (SSSR count). The van der Waals surface area contributed by atoms with Crippen molar-refractivity contribution >= 4 is 76.4 Å². The number of para-hydroxylation sites is 3. The molecule has 0 bridgehead atoms. The molecule has 0 unspecified atom stereocenters. The molecule has 9 aromatic rings. The second kappa shape index (κ2) is 12.5. The minimum atomic E-state index is -0.120. The fourth-order valence-corrected chi connectivity index (χ4v) is 10.8. The van der Waals surface area contributed by atoms with Gasteiger partial charge in [0.25, 0.3) is 0 Å². The molecular formula is C51H38N2S. The molecule has 2 aliphatic rings. The fraction of sp³-hybridized carbons (Fsp3) is 0.0980. The lowest BCUT2D eigenvalue weighted by atomic mass is 9.74. The van der Waals surface area contributed by atoms with Gasteiger partial charge in [-0.15, -0.1) is 11.3 Å². The number of aryl methyl sites for hydroxylation is 2. The average molecular weight is 711 g/mol. The third kappa shape index (κ3) is 4.85. The molecule has 2 nitrogen and oxygen atoms in total. The number of hydrogen-bond acceptors (Lipinski definition) is 3. The van der Waals surface area contributed by atoms with E-state index < -0.39 is 0 Å². The van der Waals surface area contributed by atoms with E-state index in [0.717, 1.165) is 25.7 Å². The number of rotatable bonds is 6. The summed E-state index contributed by atoms with van der Waals surface area (Å²) in [5.41, 5.74) is 13.1. The van der Waals surface area contributed by atoms with E-state index in [4.69, 9.17) is 0 Å². The lowest BCUT2D eigenvalue weighted by Crippen LogP contribution is -2.27. The third-order valence-corrected chi connectivity index (χ3v) is 13.1. The summed E-state index contributed by atoms with van der Waals surface area (Å²) in [7, 11) is 0. The number of thiophene rings is 1. The van der Waals surface area contributed by atoms with Crippen LogP contribution in [0.3, 0.4) is 0 Å². The Morgan fingerprint density at radius 2 is 0.870 bits per heavy atom. The van der Waals surface area contributed by atoms with Crippen LogP contribution in [0, 0.1) is 0 Å². The SMILES string of the molecule is c1ccc(N(c2ccccc2)c2cccc3c2[C@@]2(CC3)CCc3cccc(N(c4ccccc4)c4ccc5sc6cc7ccccc7cc6c5c4)c32)cc1. The maximum atomic E-state index is 2.54. The van der Waals surface area contributed by atoms with Crippen LogP contribution >= 0.6 is 11.3 Å². The van der Waals surface area contributed by atoms with Crippen LogP contribution in [-0.4, -0.2) is 0 Å². The lowest BCUT2D eigenvalue weighted by molar-refractivity contribution is 0.508. The van der Waals surface area contributed by atoms with Gasteiger partial charge in [0.15, 0.2) is 0 Å². The predicted molar refractivity (Wildman–Crippen MR) is 230 cm³/mol. The van der Waals surface area contributed by atoms with Crippen molar-refractivity contribution in [3.05, 3.63) is 204 Å². The second-order valence-corrected chi connectivity index (χ2v) is 15.9. The van der Waals surface area contributed by atoms with Gasteiger partial charge < -0.3 is 9.80 Å². The Kier molecular flexibility index (Phi) is 7.25. The maximum Gasteiger partial charge on any atom is 0.0505 e. The standard InChI is InChI=1S/C51H38N2S/c1-4-18-39(19-5-1)52(40-20-6-2-7-21-40)45-24-12-16-35-28-30-51(49(35)45)31-29-36-17-13-25-46(50(36)51)53(41-22-8-3-9-23-41)42-26-27-47-44(34-42)43-32-37-14-10-11-15-38(37)33-48(43)54-47/h1-27,32-34H,28-31H2/t51-/m1/s1. The van der Waals surface area contributed by atoms with Gasteiger partial charge in [-0.3, -0.25) is 0 Å². The highest BCUT2D eigenvalue weighted by molar-refractivity contribution is 7.25. The predicted octanol–water partition coefficient (Wildman–Crippen LogP) is 14.3. The third-order valence-electron chi connectivity index (χ3n) is 12.0. The number of hydrogen-bond donors (Lipinski definition) is 0. The van der Waals surface area contributed by atoms with E-state index in [1.807, 2.05) is 11.3 Å². The van der Waals surface area contributed by atoms with E-state index in [1.54, 1.807) is 0 Å². The van der Waals surface area contributed by atoms with Gasteiger partial charge >= 0.3 is 0 Å². The maximum absolute atomic E-state index is 2.54. The van der Waals surface area contributed by atoms with Crippen LogP contribution in [0.2, 0.25) is 0 Å². The van der Waals surface area contributed by atoms with Crippen LogP contribution < -0.4 is 9.80 Å². The van der Waals surface area contributed by atoms with Crippen LogP contribution in [0.4, 0.5) is 34.1 Å². The van der Waals surface area contributed by atoms with Gasteiger partial charge in [-0.1, -0.05) is 103 Å². The van der Waals surface area contributed by atoms with Crippen molar-refractivity contribution < 1.29 is 0 Å². The van der Waals surface area contributed by atoms with Gasteiger partial charge in [-0.05, 0) is 138 Å². The van der Waals surface area contributed by atoms with Gasteiger partial charge in [0.1, 0.15) is 0 Å². The Labute approximate surface area is 320 Å². The quantitative estimate of drug-likeness (QED) is 0.169. The molecule has 8 aromatic carbocycles. The van der Waals surface area contributed by atoms with E-state index in [-0.39, 0.29) is 5.41 Å².